The average molecular weight is 355 g/mol. The summed E-state index contributed by atoms with van der Waals surface area (Å²) in [5.74, 6) is 0. The summed E-state index contributed by atoms with van der Waals surface area (Å²) in [4.78, 5) is 0. The van der Waals surface area contributed by atoms with Gasteiger partial charge in [0.2, 0.25) is 0 Å². The van der Waals surface area contributed by atoms with Crippen LogP contribution in [0.15, 0.2) is 0 Å². The Morgan fingerprint density at radius 1 is 1.00 bits per heavy atom. The zero-order chi connectivity index (χ0) is 0. The molecule has 0 rings (SSSR count). The molecule has 0 bridgehead atoms. The maximum atomic E-state index is 0. The second kappa shape index (κ2) is 15.8. The van der Waals surface area contributed by atoms with Gasteiger partial charge in [-0.1, -0.05) is 0 Å². The molecule has 0 spiro atoms. The Morgan fingerprint density at radius 2 is 1.00 bits per heavy atom. The summed E-state index contributed by atoms with van der Waals surface area (Å²) in [5, 5.41) is 0. The van der Waals surface area contributed by atoms with Gasteiger partial charge in [-0.05, 0) is 0 Å². The van der Waals surface area contributed by atoms with E-state index in [-0.39, 0.29) is 121 Å². The van der Waals surface area contributed by atoms with Crippen LogP contribution in [0, 0.1) is 80.4 Å². The Kier molecular flexibility index (Phi) is 96.9. The largest absolute Gasteiger partial charge is 0.316 e. The van der Waals surface area contributed by atoms with E-state index in [0.717, 1.165) is 0 Å². The predicted molar refractivity (Wildman–Crippen MR) is 18.5 cm³/mol. The van der Waals surface area contributed by atoms with E-state index in [4.69, 9.17) is 0 Å². The molecular weight excluding hydrogens is 350 g/mol. The molecule has 0 saturated carbocycles. The molecule has 0 fully saturated rings. The van der Waals surface area contributed by atoms with Crippen molar-refractivity contribution in [2.75, 3.05) is 0 Å². The molecular formula is H5AlCeMgTb. The number of hydrogen-bond acceptors (Lipinski definition) is 0. The third-order valence-electron chi connectivity index (χ3n) is 0. The van der Waals surface area contributed by atoms with Crippen molar-refractivity contribution in [2.24, 2.45) is 0 Å². The van der Waals surface area contributed by atoms with Gasteiger partial charge in [0.15, 0.2) is 17.4 Å². The second-order valence-corrected chi connectivity index (χ2v) is 0. The molecule has 0 aromatic rings. The van der Waals surface area contributed by atoms with Crippen LogP contribution >= 0.6 is 0 Å². The summed E-state index contributed by atoms with van der Waals surface area (Å²) in [6.45, 7) is 0. The second-order valence-electron chi connectivity index (χ2n) is 0. The van der Waals surface area contributed by atoms with Gasteiger partial charge in [-0.25, -0.2) is 0 Å². The van der Waals surface area contributed by atoms with Crippen molar-refractivity contribution in [3.63, 3.8) is 0 Å². The van der Waals surface area contributed by atoms with E-state index in [1.54, 1.807) is 0 Å². The fourth-order valence-corrected chi connectivity index (χ4v) is 0. The van der Waals surface area contributed by atoms with Gasteiger partial charge >= 0.3 is 23.1 Å². The van der Waals surface area contributed by atoms with Crippen LogP contribution in [0.5, 0.6) is 0 Å². The van der Waals surface area contributed by atoms with Crippen LogP contribution in [0.2, 0.25) is 0 Å². The smallest absolute Gasteiger partial charge is 0 e. The minimum atomic E-state index is 0. The molecule has 0 heterocycles. The van der Waals surface area contributed by atoms with Gasteiger partial charge in [-0.3, -0.25) is 0 Å². The standard InChI is InChI=1S/Al.Ce.Mg.Tb.5H. The van der Waals surface area contributed by atoms with Crippen LogP contribution in [0.3, 0.4) is 0 Å². The summed E-state index contributed by atoms with van der Waals surface area (Å²) in [6, 6.07) is 0. The molecule has 1 radical (unpaired) electrons. The molecule has 0 unspecified atom stereocenters. The molecule has 0 aliphatic carbocycles. The molecule has 0 saturated heterocycles. The van der Waals surface area contributed by atoms with Crippen molar-refractivity contribution in [3.8, 4) is 0 Å². The molecule has 4 heteroatoms. The first-order valence-corrected chi connectivity index (χ1v) is 0. The Hall–Kier alpha value is 3.96. The molecule has 23 valence electrons. The fourth-order valence-electron chi connectivity index (χ4n) is 0. The normalized spacial score (nSPS) is 0. The quantitative estimate of drug-likeness (QED) is 0.437. The molecule has 0 amide bonds. The molecule has 0 atom stereocenters. The van der Waals surface area contributed by atoms with Crippen LogP contribution in [0.4, 0.5) is 0 Å². The summed E-state index contributed by atoms with van der Waals surface area (Å²) >= 11 is 0. The van der Waals surface area contributed by atoms with Crippen molar-refractivity contribution >= 4 is 40.4 Å². The van der Waals surface area contributed by atoms with Crippen molar-refractivity contribution in [2.45, 2.75) is 0 Å². The van der Waals surface area contributed by atoms with Gasteiger partial charge in [0.05, 0.1) is 0 Å². The van der Waals surface area contributed by atoms with E-state index in [9.17, 15) is 0 Å². The van der Waals surface area contributed by atoms with E-state index in [1.807, 2.05) is 0 Å². The van der Waals surface area contributed by atoms with E-state index in [0.29, 0.717) is 0 Å². The molecule has 0 aliphatic rings. The first kappa shape index (κ1) is 24.6. The van der Waals surface area contributed by atoms with Gasteiger partial charge in [0.1, 0.15) is 0 Å². The maximum absolute atomic E-state index is 0. The predicted octanol–water partition coefficient (Wildman–Crippen LogP) is -2.10. The van der Waals surface area contributed by atoms with Gasteiger partial charge in [-0.2, -0.15) is 0 Å². The maximum Gasteiger partial charge on any atom is 0.316 e. The van der Waals surface area contributed by atoms with Crippen LogP contribution in [-0.2, 0) is 0 Å². The van der Waals surface area contributed by atoms with Crippen molar-refractivity contribution in [1.82, 2.24) is 0 Å². The molecule has 4 heavy (non-hydrogen) atoms. The van der Waals surface area contributed by atoms with Crippen LogP contribution < -0.4 is 0 Å². The van der Waals surface area contributed by atoms with E-state index >= 15 is 0 Å². The van der Waals surface area contributed by atoms with E-state index in [2.05, 4.69) is 0 Å². The Bertz CT molecular complexity index is 8.00. The molecule has 0 aromatic carbocycles. The van der Waals surface area contributed by atoms with Crippen molar-refractivity contribution in [1.29, 1.82) is 0 Å². The van der Waals surface area contributed by atoms with Gasteiger partial charge in [-0.15, -0.1) is 0 Å². The monoisotopic (exact) mass is 355 g/mol. The molecule has 0 aromatic heterocycles. The SMILES string of the molecule is [AlH3].[Ce].[MgH2].[Tb]. The third kappa shape index (κ3) is 9.35. The Balaban J connectivity index is 0. The van der Waals surface area contributed by atoms with Gasteiger partial charge in [0, 0.05) is 80.4 Å². The fraction of sp³-hybridized carbons (Fsp3) is 0. The van der Waals surface area contributed by atoms with Gasteiger partial charge < -0.3 is 0 Å². The molecule has 0 nitrogen and oxygen atoms in total. The Labute approximate surface area is 117 Å². The van der Waals surface area contributed by atoms with E-state index < -0.39 is 0 Å². The third-order valence-corrected chi connectivity index (χ3v) is 0. The average Bonchev–Trinajstić information content (AvgIpc) is 0. The number of rotatable bonds is 0. The topological polar surface area (TPSA) is 0 Å². The van der Waals surface area contributed by atoms with Crippen molar-refractivity contribution in [3.05, 3.63) is 0 Å². The minimum absolute atomic E-state index is 0. The van der Waals surface area contributed by atoms with Crippen LogP contribution in [0.1, 0.15) is 0 Å². The zero-order valence-electron chi connectivity index (χ0n) is 0.833. The first-order chi connectivity index (χ1) is 0. The summed E-state index contributed by atoms with van der Waals surface area (Å²) in [7, 11) is 0. The Morgan fingerprint density at radius 3 is 1.00 bits per heavy atom. The molecule has 0 N–H and O–H groups in total. The minimum Gasteiger partial charge on any atom is 0 e. The first-order valence-electron chi connectivity index (χ1n) is 0. The summed E-state index contributed by atoms with van der Waals surface area (Å²) < 4.78 is 0. The van der Waals surface area contributed by atoms with Crippen LogP contribution in [-0.4, -0.2) is 40.4 Å². The van der Waals surface area contributed by atoms with Crippen LogP contribution in [0.25, 0.3) is 0 Å². The summed E-state index contributed by atoms with van der Waals surface area (Å²) in [6.07, 6.45) is 0. The zero-order valence-corrected chi connectivity index (χ0v) is 6.11. The van der Waals surface area contributed by atoms with Crippen molar-refractivity contribution < 1.29 is 80.4 Å². The van der Waals surface area contributed by atoms with Gasteiger partial charge in [0.25, 0.3) is 0 Å². The van der Waals surface area contributed by atoms with E-state index in [1.165, 1.54) is 0 Å². The summed E-state index contributed by atoms with van der Waals surface area (Å²) in [5.41, 5.74) is 0. The number of hydrogen-bond donors (Lipinski definition) is 0. The molecule has 0 aliphatic heterocycles.